The number of aryl methyl sites for hydroxylation is 1. The van der Waals surface area contributed by atoms with Gasteiger partial charge in [0.2, 0.25) is 0 Å². The average molecular weight is 275 g/mol. The Balaban J connectivity index is 2.01. The summed E-state index contributed by atoms with van der Waals surface area (Å²) < 4.78 is 5.50. The molecule has 1 aromatic carbocycles. The van der Waals surface area contributed by atoms with Crippen LogP contribution in [0.2, 0.25) is 0 Å². The van der Waals surface area contributed by atoms with Gasteiger partial charge in [0.1, 0.15) is 5.60 Å². The van der Waals surface area contributed by atoms with Crippen molar-refractivity contribution in [1.29, 1.82) is 0 Å². The van der Waals surface area contributed by atoms with E-state index in [1.165, 1.54) is 11.1 Å². The fraction of sp³-hybridized carbons (Fsp3) is 0.588. The molecule has 1 aliphatic heterocycles. The molecule has 0 amide bonds. The lowest BCUT2D eigenvalue weighted by Gasteiger charge is -2.31. The molecule has 1 aromatic rings. The molecule has 3 nitrogen and oxygen atoms in total. The molecule has 1 saturated heterocycles. The number of benzene rings is 1. The number of hydrogen-bond acceptors (Lipinski definition) is 3. The fourth-order valence-electron chi connectivity index (χ4n) is 2.60. The highest BCUT2D eigenvalue weighted by molar-refractivity contribution is 5.73. The lowest BCUT2D eigenvalue weighted by Crippen LogP contribution is -2.41. The third-order valence-corrected chi connectivity index (χ3v) is 3.64. The highest BCUT2D eigenvalue weighted by Gasteiger charge is 2.31. The van der Waals surface area contributed by atoms with Gasteiger partial charge in [-0.1, -0.05) is 29.8 Å². The molecule has 1 heterocycles. The van der Waals surface area contributed by atoms with Crippen LogP contribution in [-0.4, -0.2) is 24.7 Å². The zero-order valence-electron chi connectivity index (χ0n) is 12.9. The molecule has 110 valence electrons. The van der Waals surface area contributed by atoms with Gasteiger partial charge >= 0.3 is 5.97 Å². The van der Waals surface area contributed by atoms with Crippen molar-refractivity contribution >= 4 is 5.97 Å². The number of hydrogen-bond donors (Lipinski definition) is 1. The van der Waals surface area contributed by atoms with Crippen molar-refractivity contribution in [3.05, 3.63) is 35.4 Å². The molecule has 1 N–H and O–H groups in total. The predicted molar refractivity (Wildman–Crippen MR) is 80.7 cm³/mol. The van der Waals surface area contributed by atoms with Gasteiger partial charge in [-0.25, -0.2) is 0 Å². The van der Waals surface area contributed by atoms with Crippen molar-refractivity contribution in [2.24, 2.45) is 5.92 Å². The quantitative estimate of drug-likeness (QED) is 0.843. The van der Waals surface area contributed by atoms with E-state index in [-0.39, 0.29) is 11.9 Å². The molecular weight excluding hydrogens is 250 g/mol. The second kappa shape index (κ2) is 5.96. The summed E-state index contributed by atoms with van der Waals surface area (Å²) >= 11 is 0. The lowest BCUT2D eigenvalue weighted by molar-refractivity contribution is -0.160. The van der Waals surface area contributed by atoms with E-state index in [4.69, 9.17) is 4.74 Å². The molecule has 1 aliphatic rings. The maximum atomic E-state index is 12.2. The van der Waals surface area contributed by atoms with E-state index in [2.05, 4.69) is 36.5 Å². The fourth-order valence-corrected chi connectivity index (χ4v) is 2.60. The van der Waals surface area contributed by atoms with Crippen LogP contribution >= 0.6 is 0 Å². The Morgan fingerprint density at radius 1 is 1.20 bits per heavy atom. The minimum absolute atomic E-state index is 0.0470. The molecule has 3 heteroatoms. The number of nitrogens with one attached hydrogen (secondary N) is 1. The first-order valence-corrected chi connectivity index (χ1v) is 7.35. The molecule has 0 saturated carbocycles. The van der Waals surface area contributed by atoms with Crippen molar-refractivity contribution in [2.45, 2.75) is 45.6 Å². The average Bonchev–Trinajstić information content (AvgIpc) is 2.38. The van der Waals surface area contributed by atoms with Gasteiger partial charge in [-0.15, -0.1) is 0 Å². The number of carbonyl (C=O) groups excluding carboxylic acids is 1. The van der Waals surface area contributed by atoms with Crippen molar-refractivity contribution in [3.63, 3.8) is 0 Å². The van der Waals surface area contributed by atoms with Crippen LogP contribution in [0.15, 0.2) is 24.3 Å². The normalized spacial score (nSPS) is 23.4. The van der Waals surface area contributed by atoms with Crippen LogP contribution in [0.25, 0.3) is 0 Å². The van der Waals surface area contributed by atoms with Crippen LogP contribution in [0, 0.1) is 12.8 Å². The van der Waals surface area contributed by atoms with E-state index >= 15 is 0 Å². The first-order valence-electron chi connectivity index (χ1n) is 7.35. The van der Waals surface area contributed by atoms with Gasteiger partial charge in [0.25, 0.3) is 0 Å². The molecule has 2 rings (SSSR count). The second-order valence-electron chi connectivity index (χ2n) is 6.73. The first kappa shape index (κ1) is 15.0. The summed E-state index contributed by atoms with van der Waals surface area (Å²) in [5.74, 6) is 0.262. The van der Waals surface area contributed by atoms with Gasteiger partial charge in [0.15, 0.2) is 0 Å². The van der Waals surface area contributed by atoms with Gasteiger partial charge in [0.05, 0.1) is 5.92 Å². The molecule has 2 unspecified atom stereocenters. The van der Waals surface area contributed by atoms with Gasteiger partial charge < -0.3 is 10.1 Å². The number of ether oxygens (including phenoxy) is 1. The summed E-state index contributed by atoms with van der Waals surface area (Å²) in [5, 5.41) is 3.36. The van der Waals surface area contributed by atoms with Crippen LogP contribution in [-0.2, 0) is 9.53 Å². The van der Waals surface area contributed by atoms with Crippen molar-refractivity contribution in [2.75, 3.05) is 13.1 Å². The Hall–Kier alpha value is -1.35. The lowest BCUT2D eigenvalue weighted by atomic mass is 9.85. The van der Waals surface area contributed by atoms with E-state index in [0.717, 1.165) is 19.5 Å². The maximum Gasteiger partial charge on any atom is 0.310 e. The zero-order chi connectivity index (χ0) is 14.8. The predicted octanol–water partition coefficient (Wildman–Crippen LogP) is 3.03. The number of rotatable bonds is 2. The van der Waals surface area contributed by atoms with E-state index in [0.29, 0.717) is 5.92 Å². The molecule has 2 atom stereocenters. The van der Waals surface area contributed by atoms with Crippen molar-refractivity contribution in [3.8, 4) is 0 Å². The van der Waals surface area contributed by atoms with Gasteiger partial charge in [-0.3, -0.25) is 4.79 Å². The zero-order valence-corrected chi connectivity index (χ0v) is 12.9. The topological polar surface area (TPSA) is 38.3 Å². The van der Waals surface area contributed by atoms with Gasteiger partial charge in [-0.05, 0) is 45.6 Å². The number of piperidine rings is 1. The first-order chi connectivity index (χ1) is 9.35. The summed E-state index contributed by atoms with van der Waals surface area (Å²) in [6.07, 6.45) is 0.866. The SMILES string of the molecule is Cc1ccc(C2CNCC(C(=O)OC(C)(C)C)C2)cc1. The minimum Gasteiger partial charge on any atom is -0.460 e. The smallest absolute Gasteiger partial charge is 0.310 e. The van der Waals surface area contributed by atoms with E-state index in [9.17, 15) is 4.79 Å². The van der Waals surface area contributed by atoms with Crippen LogP contribution in [0.4, 0.5) is 0 Å². The van der Waals surface area contributed by atoms with Crippen LogP contribution in [0.5, 0.6) is 0 Å². The van der Waals surface area contributed by atoms with Crippen LogP contribution < -0.4 is 5.32 Å². The monoisotopic (exact) mass is 275 g/mol. The molecule has 0 aromatic heterocycles. The summed E-state index contributed by atoms with van der Waals surface area (Å²) in [5.41, 5.74) is 2.16. The molecule has 0 aliphatic carbocycles. The Kier molecular flexibility index (Phi) is 4.48. The Morgan fingerprint density at radius 2 is 1.85 bits per heavy atom. The minimum atomic E-state index is -0.409. The molecule has 0 radical (unpaired) electrons. The molecule has 20 heavy (non-hydrogen) atoms. The molecule has 0 bridgehead atoms. The standard InChI is InChI=1S/C17H25NO2/c1-12-5-7-13(8-6-12)14-9-15(11-18-10-14)16(19)20-17(2,3)4/h5-8,14-15,18H,9-11H2,1-4H3. The Morgan fingerprint density at radius 3 is 2.45 bits per heavy atom. The third-order valence-electron chi connectivity index (χ3n) is 3.64. The summed E-state index contributed by atoms with van der Waals surface area (Å²) in [6, 6.07) is 8.59. The van der Waals surface area contributed by atoms with E-state index in [1.807, 2.05) is 20.8 Å². The van der Waals surface area contributed by atoms with E-state index < -0.39 is 5.60 Å². The summed E-state index contributed by atoms with van der Waals surface area (Å²) in [7, 11) is 0. The highest BCUT2D eigenvalue weighted by atomic mass is 16.6. The Labute approximate surface area is 121 Å². The van der Waals surface area contributed by atoms with Crippen LogP contribution in [0.3, 0.4) is 0 Å². The largest absolute Gasteiger partial charge is 0.460 e. The Bertz CT molecular complexity index is 459. The van der Waals surface area contributed by atoms with Crippen LogP contribution in [0.1, 0.15) is 44.2 Å². The van der Waals surface area contributed by atoms with Gasteiger partial charge in [0, 0.05) is 13.1 Å². The summed E-state index contributed by atoms with van der Waals surface area (Å²) in [6.45, 7) is 9.49. The third kappa shape index (κ3) is 4.07. The molecular formula is C17H25NO2. The maximum absolute atomic E-state index is 12.2. The van der Waals surface area contributed by atoms with Crippen molar-refractivity contribution < 1.29 is 9.53 Å². The molecule has 1 fully saturated rings. The van der Waals surface area contributed by atoms with Gasteiger partial charge in [-0.2, -0.15) is 0 Å². The second-order valence-corrected chi connectivity index (χ2v) is 6.73. The highest BCUT2D eigenvalue weighted by Crippen LogP contribution is 2.28. The van der Waals surface area contributed by atoms with Crippen molar-refractivity contribution in [1.82, 2.24) is 5.32 Å². The number of esters is 1. The molecule has 0 spiro atoms. The summed E-state index contributed by atoms with van der Waals surface area (Å²) in [4.78, 5) is 12.2. The van der Waals surface area contributed by atoms with E-state index in [1.54, 1.807) is 0 Å². The number of carbonyl (C=O) groups is 1.